The van der Waals surface area contributed by atoms with Crippen LogP contribution in [0.4, 0.5) is 0 Å². The van der Waals surface area contributed by atoms with Crippen LogP contribution in [0.1, 0.15) is 32.6 Å². The zero-order valence-corrected chi connectivity index (χ0v) is 12.0. The van der Waals surface area contributed by atoms with Crippen LogP contribution in [0.3, 0.4) is 0 Å². The van der Waals surface area contributed by atoms with Crippen molar-refractivity contribution in [1.82, 2.24) is 19.7 Å². The summed E-state index contributed by atoms with van der Waals surface area (Å²) in [4.78, 5) is 18.5. The number of likely N-dealkylation sites (tertiary alicyclic amines) is 1. The maximum atomic E-state index is 12.6. The van der Waals surface area contributed by atoms with Gasteiger partial charge in [0.1, 0.15) is 12.7 Å². The second-order valence-electron chi connectivity index (χ2n) is 6.43. The zero-order valence-electron chi connectivity index (χ0n) is 12.0. The number of aromatic nitrogens is 3. The lowest BCUT2D eigenvalue weighted by Gasteiger charge is -2.37. The van der Waals surface area contributed by atoms with Gasteiger partial charge >= 0.3 is 0 Å². The van der Waals surface area contributed by atoms with Crippen LogP contribution in [-0.2, 0) is 11.3 Å². The molecule has 6 nitrogen and oxygen atoms in total. The minimum absolute atomic E-state index is 0.128. The van der Waals surface area contributed by atoms with Gasteiger partial charge in [0.05, 0.1) is 5.54 Å². The number of amides is 1. The van der Waals surface area contributed by atoms with Gasteiger partial charge in [0.2, 0.25) is 5.91 Å². The lowest BCUT2D eigenvalue weighted by atomic mass is 9.92. The fourth-order valence-corrected chi connectivity index (χ4v) is 3.19. The van der Waals surface area contributed by atoms with Crippen molar-refractivity contribution in [2.24, 2.45) is 17.6 Å². The SMILES string of the molecule is C[C@](N)(C(=O)N1CCC[C@H](Cn2cncn2)C1)C1CC1. The second-order valence-corrected chi connectivity index (χ2v) is 6.43. The molecule has 2 fully saturated rings. The van der Waals surface area contributed by atoms with Crippen LogP contribution < -0.4 is 5.73 Å². The molecule has 0 spiro atoms. The van der Waals surface area contributed by atoms with Crippen molar-refractivity contribution in [3.05, 3.63) is 12.7 Å². The first-order valence-electron chi connectivity index (χ1n) is 7.48. The standard InChI is InChI=1S/C14H23N5O/c1-14(15,12-4-5-12)13(20)18-6-2-3-11(7-18)8-19-10-16-9-17-19/h9-12H,2-8,15H2,1H3/t11-,14+/m0/s1. The summed E-state index contributed by atoms with van der Waals surface area (Å²) in [5.41, 5.74) is 5.59. The van der Waals surface area contributed by atoms with E-state index in [0.717, 1.165) is 45.3 Å². The Morgan fingerprint density at radius 1 is 1.45 bits per heavy atom. The molecule has 0 aromatic carbocycles. The molecule has 1 aliphatic heterocycles. The van der Waals surface area contributed by atoms with Crippen LogP contribution in [-0.4, -0.2) is 44.2 Å². The molecule has 1 aromatic heterocycles. The van der Waals surface area contributed by atoms with Gasteiger partial charge in [-0.25, -0.2) is 4.98 Å². The van der Waals surface area contributed by atoms with E-state index in [1.807, 2.05) is 16.5 Å². The third kappa shape index (κ3) is 2.70. The van der Waals surface area contributed by atoms with Crippen LogP contribution in [0.15, 0.2) is 12.7 Å². The van der Waals surface area contributed by atoms with Crippen LogP contribution in [0.25, 0.3) is 0 Å². The highest BCUT2D eigenvalue weighted by molar-refractivity contribution is 5.86. The topological polar surface area (TPSA) is 77.0 Å². The molecular weight excluding hydrogens is 254 g/mol. The van der Waals surface area contributed by atoms with Crippen molar-refractivity contribution in [1.29, 1.82) is 0 Å². The molecule has 2 aliphatic rings. The molecule has 0 bridgehead atoms. The van der Waals surface area contributed by atoms with E-state index < -0.39 is 5.54 Å². The fraction of sp³-hybridized carbons (Fsp3) is 0.786. The van der Waals surface area contributed by atoms with Gasteiger partial charge in [-0.3, -0.25) is 9.48 Å². The minimum atomic E-state index is -0.671. The average molecular weight is 277 g/mol. The first kappa shape index (κ1) is 13.5. The Labute approximate surface area is 119 Å². The third-order valence-corrected chi connectivity index (χ3v) is 4.60. The maximum absolute atomic E-state index is 12.6. The minimum Gasteiger partial charge on any atom is -0.341 e. The van der Waals surface area contributed by atoms with Crippen molar-refractivity contribution < 1.29 is 4.79 Å². The Morgan fingerprint density at radius 2 is 2.25 bits per heavy atom. The summed E-state index contributed by atoms with van der Waals surface area (Å²) in [5.74, 6) is 0.957. The Bertz CT molecular complexity index is 466. The summed E-state index contributed by atoms with van der Waals surface area (Å²) < 4.78 is 1.85. The Hall–Kier alpha value is -1.43. The van der Waals surface area contributed by atoms with Gasteiger partial charge < -0.3 is 10.6 Å². The molecule has 1 aromatic rings. The van der Waals surface area contributed by atoms with Crippen molar-refractivity contribution >= 4 is 5.91 Å². The van der Waals surface area contributed by atoms with E-state index in [4.69, 9.17) is 5.73 Å². The van der Waals surface area contributed by atoms with Gasteiger partial charge in [-0.15, -0.1) is 0 Å². The summed E-state index contributed by atoms with van der Waals surface area (Å²) in [5, 5.41) is 4.14. The number of carbonyl (C=O) groups excluding carboxylic acids is 1. The number of piperidine rings is 1. The predicted molar refractivity (Wildman–Crippen MR) is 74.6 cm³/mol. The van der Waals surface area contributed by atoms with Gasteiger partial charge in [-0.1, -0.05) is 0 Å². The van der Waals surface area contributed by atoms with E-state index in [9.17, 15) is 4.79 Å². The number of nitrogens with zero attached hydrogens (tertiary/aromatic N) is 4. The van der Waals surface area contributed by atoms with Crippen LogP contribution in [0.2, 0.25) is 0 Å². The summed E-state index contributed by atoms with van der Waals surface area (Å²) in [6, 6.07) is 0. The van der Waals surface area contributed by atoms with Gasteiger partial charge in [0.15, 0.2) is 0 Å². The number of nitrogens with two attached hydrogens (primary N) is 1. The summed E-state index contributed by atoms with van der Waals surface area (Å²) in [6.07, 6.45) is 7.65. The molecule has 1 saturated carbocycles. The Morgan fingerprint density at radius 3 is 2.90 bits per heavy atom. The van der Waals surface area contributed by atoms with Crippen molar-refractivity contribution in [3.63, 3.8) is 0 Å². The smallest absolute Gasteiger partial charge is 0.242 e. The van der Waals surface area contributed by atoms with Crippen molar-refractivity contribution in [3.8, 4) is 0 Å². The molecule has 1 amide bonds. The first-order valence-corrected chi connectivity index (χ1v) is 7.48. The molecule has 1 aliphatic carbocycles. The summed E-state index contributed by atoms with van der Waals surface area (Å²) in [6.45, 7) is 4.35. The van der Waals surface area contributed by atoms with E-state index in [1.165, 1.54) is 0 Å². The van der Waals surface area contributed by atoms with E-state index >= 15 is 0 Å². The van der Waals surface area contributed by atoms with Crippen LogP contribution in [0, 0.1) is 11.8 Å². The van der Waals surface area contributed by atoms with Gasteiger partial charge in [0.25, 0.3) is 0 Å². The largest absolute Gasteiger partial charge is 0.341 e. The number of hydrogen-bond acceptors (Lipinski definition) is 4. The molecule has 2 heterocycles. The third-order valence-electron chi connectivity index (χ3n) is 4.60. The predicted octanol–water partition coefficient (Wildman–Crippen LogP) is 0.644. The molecule has 6 heteroatoms. The van der Waals surface area contributed by atoms with Gasteiger partial charge in [-0.2, -0.15) is 5.10 Å². The maximum Gasteiger partial charge on any atom is 0.242 e. The number of carbonyl (C=O) groups is 1. The molecule has 2 atom stereocenters. The van der Waals surface area contributed by atoms with Gasteiger partial charge in [-0.05, 0) is 44.4 Å². The molecule has 3 rings (SSSR count). The quantitative estimate of drug-likeness (QED) is 0.876. The molecule has 1 saturated heterocycles. The highest BCUT2D eigenvalue weighted by Crippen LogP contribution is 2.39. The van der Waals surface area contributed by atoms with E-state index in [-0.39, 0.29) is 5.91 Å². The van der Waals surface area contributed by atoms with E-state index in [2.05, 4.69) is 10.1 Å². The van der Waals surface area contributed by atoms with E-state index in [1.54, 1.807) is 12.7 Å². The van der Waals surface area contributed by atoms with Crippen molar-refractivity contribution in [2.75, 3.05) is 13.1 Å². The summed E-state index contributed by atoms with van der Waals surface area (Å²) in [7, 11) is 0. The highest BCUT2D eigenvalue weighted by atomic mass is 16.2. The van der Waals surface area contributed by atoms with Crippen LogP contribution in [0.5, 0.6) is 0 Å². The van der Waals surface area contributed by atoms with Crippen molar-refractivity contribution in [2.45, 2.75) is 44.7 Å². The molecule has 110 valence electrons. The lowest BCUT2D eigenvalue weighted by molar-refractivity contribution is -0.139. The Kier molecular flexibility index (Phi) is 3.50. The number of rotatable bonds is 4. The number of hydrogen-bond donors (Lipinski definition) is 1. The van der Waals surface area contributed by atoms with Crippen LogP contribution >= 0.6 is 0 Å². The molecule has 0 radical (unpaired) electrons. The molecule has 2 N–H and O–H groups in total. The van der Waals surface area contributed by atoms with E-state index in [0.29, 0.717) is 11.8 Å². The highest BCUT2D eigenvalue weighted by Gasteiger charge is 2.46. The normalized spacial score (nSPS) is 26.3. The summed E-state index contributed by atoms with van der Waals surface area (Å²) >= 11 is 0. The molecule has 0 unspecified atom stereocenters. The van der Waals surface area contributed by atoms with Gasteiger partial charge in [0, 0.05) is 19.6 Å². The monoisotopic (exact) mass is 277 g/mol. The second kappa shape index (κ2) is 5.16. The fourth-order valence-electron chi connectivity index (χ4n) is 3.19. The average Bonchev–Trinajstić information content (AvgIpc) is 3.19. The molecule has 20 heavy (non-hydrogen) atoms. The zero-order chi connectivity index (χ0) is 14.2. The molecular formula is C14H23N5O. The first-order chi connectivity index (χ1) is 9.57. The Balaban J connectivity index is 1.61. The lowest BCUT2D eigenvalue weighted by Crippen LogP contribution is -2.57.